The van der Waals surface area contributed by atoms with Crippen molar-refractivity contribution in [2.75, 3.05) is 55.0 Å². The maximum Gasteiger partial charge on any atom is 0.572 e. The van der Waals surface area contributed by atoms with Gasteiger partial charge in [0.15, 0.2) is 0 Å². The van der Waals surface area contributed by atoms with Gasteiger partial charge in [-0.1, -0.05) is 11.2 Å². The molecule has 0 radical (unpaired) electrons. The molecule has 10 heteroatoms. The lowest BCUT2D eigenvalue weighted by atomic mass is 10.2. The van der Waals surface area contributed by atoms with Crippen LogP contribution in [-0.4, -0.2) is 71.7 Å². The molecule has 7 nitrogen and oxygen atoms in total. The highest BCUT2D eigenvalue weighted by Gasteiger charge is 2.47. The van der Waals surface area contributed by atoms with Gasteiger partial charge in [-0.15, -0.1) is 0 Å². The van der Waals surface area contributed by atoms with Crippen molar-refractivity contribution in [3.63, 3.8) is 0 Å². The first-order valence-electron chi connectivity index (χ1n) is 7.18. The fourth-order valence-electron chi connectivity index (χ4n) is 2.37. The van der Waals surface area contributed by atoms with Crippen LogP contribution in [0.1, 0.15) is 19.3 Å². The average molecular weight is 374 g/mol. The maximum atomic E-state index is 5.64. The van der Waals surface area contributed by atoms with Crippen LogP contribution in [0.5, 0.6) is 0 Å². The summed E-state index contributed by atoms with van der Waals surface area (Å²) < 4.78 is 33.1. The quantitative estimate of drug-likeness (QED) is 0.459. The van der Waals surface area contributed by atoms with Gasteiger partial charge < -0.3 is 32.3 Å². The zero-order valence-electron chi connectivity index (χ0n) is 14.5. The van der Waals surface area contributed by atoms with E-state index in [1.54, 1.807) is 53.9 Å². The Morgan fingerprint density at radius 3 is 1.68 bits per heavy atom. The maximum absolute atomic E-state index is 5.64. The highest BCUT2D eigenvalue weighted by Crippen LogP contribution is 2.35. The van der Waals surface area contributed by atoms with E-state index in [4.69, 9.17) is 32.3 Å². The van der Waals surface area contributed by atoms with Gasteiger partial charge in [0, 0.05) is 48.2 Å². The van der Waals surface area contributed by atoms with E-state index < -0.39 is 16.8 Å². The predicted octanol–water partition coefficient (Wildman–Crippen LogP) is 1.47. The molecule has 0 heterocycles. The van der Waals surface area contributed by atoms with E-state index in [-0.39, 0.29) is 5.54 Å². The number of hydrogen-bond acceptors (Lipinski definition) is 8. The van der Waals surface area contributed by atoms with Crippen molar-refractivity contribution in [3.8, 4) is 0 Å². The SMILES string of the molecule is CO[Si](OC)(OC)SCCC(CCCN)[Si](OC)(OC)OC. The van der Waals surface area contributed by atoms with Crippen LogP contribution in [0, 0.1) is 0 Å². The summed E-state index contributed by atoms with van der Waals surface area (Å²) in [5.41, 5.74) is 5.82. The van der Waals surface area contributed by atoms with E-state index in [2.05, 4.69) is 0 Å². The molecule has 0 rings (SSSR count). The van der Waals surface area contributed by atoms with Crippen molar-refractivity contribution in [1.29, 1.82) is 0 Å². The minimum Gasteiger partial charge on any atom is -0.377 e. The van der Waals surface area contributed by atoms with Gasteiger partial charge >= 0.3 is 16.8 Å². The van der Waals surface area contributed by atoms with Gasteiger partial charge in [-0.25, -0.2) is 0 Å². The molecular formula is C12H31NO6SSi2. The van der Waals surface area contributed by atoms with Gasteiger partial charge in [-0.3, -0.25) is 0 Å². The van der Waals surface area contributed by atoms with Crippen molar-refractivity contribution in [2.24, 2.45) is 5.73 Å². The molecule has 0 bridgehead atoms. The molecule has 0 aliphatic rings. The minimum atomic E-state index is -2.69. The standard InChI is InChI=1S/C12H31NO6SSi2/c1-14-21(15-2,16-3)12(8-7-10-13)9-11-20-22(17-4,18-5)19-6/h12H,7-11,13H2,1-6H3. The normalized spacial score (nSPS) is 14.3. The van der Waals surface area contributed by atoms with E-state index in [1.165, 1.54) is 0 Å². The third-order valence-corrected chi connectivity index (χ3v) is 12.4. The summed E-state index contributed by atoms with van der Waals surface area (Å²) in [5, 5.41) is 0. The molecule has 0 amide bonds. The van der Waals surface area contributed by atoms with E-state index in [1.807, 2.05) is 0 Å². The second-order valence-electron chi connectivity index (χ2n) is 4.59. The number of hydrogen-bond donors (Lipinski definition) is 1. The largest absolute Gasteiger partial charge is 0.572 e. The zero-order valence-corrected chi connectivity index (χ0v) is 17.4. The second-order valence-corrected chi connectivity index (χ2v) is 13.1. The molecule has 0 saturated heterocycles. The molecule has 1 unspecified atom stereocenters. The molecular weight excluding hydrogens is 342 g/mol. The molecule has 0 aromatic carbocycles. The number of nitrogens with two attached hydrogens (primary N) is 1. The van der Waals surface area contributed by atoms with E-state index >= 15 is 0 Å². The van der Waals surface area contributed by atoms with Crippen LogP contribution in [0.3, 0.4) is 0 Å². The lowest BCUT2D eigenvalue weighted by Gasteiger charge is -2.33. The van der Waals surface area contributed by atoms with Crippen LogP contribution in [0.4, 0.5) is 0 Å². The lowest BCUT2D eigenvalue weighted by molar-refractivity contribution is 0.108. The molecule has 0 aromatic rings. The van der Waals surface area contributed by atoms with E-state index in [9.17, 15) is 0 Å². The summed E-state index contributed by atoms with van der Waals surface area (Å²) >= 11 is 1.57. The van der Waals surface area contributed by atoms with Crippen LogP contribution in [-0.2, 0) is 26.6 Å². The highest BCUT2D eigenvalue weighted by molar-refractivity contribution is 8.26. The Balaban J connectivity index is 4.79. The topological polar surface area (TPSA) is 81.4 Å². The predicted molar refractivity (Wildman–Crippen MR) is 92.7 cm³/mol. The molecule has 0 fully saturated rings. The molecule has 0 saturated carbocycles. The zero-order chi connectivity index (χ0) is 17.1. The van der Waals surface area contributed by atoms with Gasteiger partial charge in [-0.2, -0.15) is 0 Å². The third-order valence-electron chi connectivity index (χ3n) is 3.61. The van der Waals surface area contributed by atoms with Crippen LogP contribution in [0.15, 0.2) is 0 Å². The van der Waals surface area contributed by atoms with Gasteiger partial charge in [0.1, 0.15) is 0 Å². The summed E-state index contributed by atoms with van der Waals surface area (Å²) in [6.45, 7) is 0.637. The summed E-state index contributed by atoms with van der Waals surface area (Å²) in [6.07, 6.45) is 2.67. The molecule has 0 aliphatic carbocycles. The van der Waals surface area contributed by atoms with Crippen LogP contribution in [0.25, 0.3) is 0 Å². The second kappa shape index (κ2) is 12.0. The Morgan fingerprint density at radius 1 is 0.818 bits per heavy atom. The van der Waals surface area contributed by atoms with Crippen molar-refractivity contribution in [2.45, 2.75) is 24.8 Å². The van der Waals surface area contributed by atoms with Crippen molar-refractivity contribution >= 4 is 28.0 Å². The summed E-state index contributed by atoms with van der Waals surface area (Å²) in [6, 6.07) is 0. The van der Waals surface area contributed by atoms with Crippen molar-refractivity contribution in [3.05, 3.63) is 0 Å². The fourth-order valence-corrected chi connectivity index (χ4v) is 8.80. The molecule has 134 valence electrons. The van der Waals surface area contributed by atoms with Gasteiger partial charge in [-0.05, 0) is 31.6 Å². The number of rotatable bonds is 14. The molecule has 1 atom stereocenters. The van der Waals surface area contributed by atoms with E-state index in [0.717, 1.165) is 25.0 Å². The summed E-state index contributed by atoms with van der Waals surface area (Å²) in [7, 11) is 4.43. The van der Waals surface area contributed by atoms with Crippen molar-refractivity contribution < 1.29 is 26.6 Å². The summed E-state index contributed by atoms with van der Waals surface area (Å²) in [4.78, 5) is 0. The van der Waals surface area contributed by atoms with Crippen LogP contribution < -0.4 is 5.73 Å². The van der Waals surface area contributed by atoms with Crippen LogP contribution in [0.2, 0.25) is 5.54 Å². The summed E-state index contributed by atoms with van der Waals surface area (Å²) in [5.74, 6) is 0.807. The Morgan fingerprint density at radius 2 is 1.32 bits per heavy atom. The van der Waals surface area contributed by atoms with Gasteiger partial charge in [0.05, 0.1) is 0 Å². The average Bonchev–Trinajstić information content (AvgIpc) is 2.58. The first kappa shape index (κ1) is 22.5. The Hall–Kier alpha value is 0.504. The molecule has 2 N–H and O–H groups in total. The monoisotopic (exact) mass is 373 g/mol. The van der Waals surface area contributed by atoms with Crippen molar-refractivity contribution in [1.82, 2.24) is 0 Å². The van der Waals surface area contributed by atoms with Gasteiger partial charge in [0.2, 0.25) is 0 Å². The third kappa shape index (κ3) is 6.19. The Kier molecular flexibility index (Phi) is 12.2. The fraction of sp³-hybridized carbons (Fsp3) is 1.00. The lowest BCUT2D eigenvalue weighted by Crippen LogP contribution is -2.48. The smallest absolute Gasteiger partial charge is 0.377 e. The van der Waals surface area contributed by atoms with E-state index in [0.29, 0.717) is 6.54 Å². The molecule has 0 spiro atoms. The van der Waals surface area contributed by atoms with Crippen LogP contribution >= 0.6 is 11.2 Å². The molecule has 0 aromatic heterocycles. The Bertz CT molecular complexity index is 266. The molecule has 0 aliphatic heterocycles. The highest BCUT2D eigenvalue weighted by atomic mass is 32.4. The first-order valence-corrected chi connectivity index (χ1v) is 12.4. The van der Waals surface area contributed by atoms with Gasteiger partial charge in [0.25, 0.3) is 0 Å². The first-order chi connectivity index (χ1) is 10.5. The molecule has 22 heavy (non-hydrogen) atoms. The minimum absolute atomic E-state index is 0.181. The Labute approximate surface area is 140 Å².